The van der Waals surface area contributed by atoms with Gasteiger partial charge in [0.1, 0.15) is 5.69 Å². The molecule has 16 heavy (non-hydrogen) atoms. The molecule has 0 saturated heterocycles. The van der Waals surface area contributed by atoms with E-state index >= 15 is 0 Å². The molecule has 1 rings (SSSR count). The molecule has 1 atom stereocenters. The predicted octanol–water partition coefficient (Wildman–Crippen LogP) is -0.486. The summed E-state index contributed by atoms with van der Waals surface area (Å²) in [6, 6.07) is -0.0446. The number of hydrogen-bond donors (Lipinski definition) is 2. The number of ether oxygens (including phenoxy) is 1. The Hall–Kier alpha value is -1.40. The highest BCUT2D eigenvalue weighted by atomic mass is 16.5. The van der Waals surface area contributed by atoms with Crippen molar-refractivity contribution in [1.29, 1.82) is 0 Å². The topological polar surface area (TPSA) is 82.2 Å². The van der Waals surface area contributed by atoms with Crippen LogP contribution in [-0.2, 0) is 11.8 Å². The summed E-state index contributed by atoms with van der Waals surface area (Å²) >= 11 is 0. The number of hydrogen-bond acceptors (Lipinski definition) is 4. The number of nitrogens with one attached hydrogen (secondary N) is 1. The van der Waals surface area contributed by atoms with E-state index in [1.54, 1.807) is 25.1 Å². The summed E-state index contributed by atoms with van der Waals surface area (Å²) in [6.07, 6.45) is 3.81. The Labute approximate surface area is 94.8 Å². The van der Waals surface area contributed by atoms with Crippen LogP contribution < -0.4 is 11.1 Å². The molecular weight excluding hydrogens is 208 g/mol. The smallest absolute Gasteiger partial charge is 0.269 e. The highest BCUT2D eigenvalue weighted by molar-refractivity contribution is 5.92. The molecule has 0 aliphatic carbocycles. The summed E-state index contributed by atoms with van der Waals surface area (Å²) in [7, 11) is 3.38. The normalized spacial score (nSPS) is 12.4. The Morgan fingerprint density at radius 2 is 2.50 bits per heavy atom. The van der Waals surface area contributed by atoms with Crippen LogP contribution in [0.25, 0.3) is 0 Å². The number of rotatable bonds is 6. The predicted molar refractivity (Wildman–Crippen MR) is 60.0 cm³/mol. The molecule has 3 N–H and O–H groups in total. The summed E-state index contributed by atoms with van der Waals surface area (Å²) in [5, 5.41) is 2.78. The van der Waals surface area contributed by atoms with E-state index in [9.17, 15) is 4.79 Å². The Balaban J connectivity index is 2.29. The zero-order valence-corrected chi connectivity index (χ0v) is 9.64. The van der Waals surface area contributed by atoms with Gasteiger partial charge in [0, 0.05) is 26.7 Å². The van der Waals surface area contributed by atoms with Gasteiger partial charge in [-0.15, -0.1) is 0 Å². The van der Waals surface area contributed by atoms with Gasteiger partial charge in [-0.3, -0.25) is 4.79 Å². The van der Waals surface area contributed by atoms with Gasteiger partial charge in [0.2, 0.25) is 0 Å². The van der Waals surface area contributed by atoms with Crippen LogP contribution in [0.15, 0.2) is 12.5 Å². The van der Waals surface area contributed by atoms with Crippen LogP contribution in [0.5, 0.6) is 0 Å². The van der Waals surface area contributed by atoms with Crippen molar-refractivity contribution in [2.24, 2.45) is 12.8 Å². The second-order valence-electron chi connectivity index (χ2n) is 3.65. The fourth-order valence-corrected chi connectivity index (χ4v) is 1.34. The van der Waals surface area contributed by atoms with Gasteiger partial charge in [0.15, 0.2) is 0 Å². The lowest BCUT2D eigenvalue weighted by Crippen LogP contribution is -2.33. The minimum absolute atomic E-state index is 0.0446. The first kappa shape index (κ1) is 12.7. The Bertz CT molecular complexity index is 337. The number of carbonyl (C=O) groups is 1. The summed E-state index contributed by atoms with van der Waals surface area (Å²) in [5.74, 6) is -0.135. The van der Waals surface area contributed by atoms with Crippen LogP contribution >= 0.6 is 0 Å². The lowest BCUT2D eigenvalue weighted by Gasteiger charge is -2.10. The van der Waals surface area contributed by atoms with Gasteiger partial charge in [0.05, 0.1) is 19.1 Å². The standard InChI is InChI=1S/C10H18N4O2/c1-14-7-12-5-9(14)10(15)13-4-3-8(11)6-16-2/h5,7-8H,3-4,6,11H2,1-2H3,(H,13,15). The molecule has 0 aliphatic rings. The number of carbonyl (C=O) groups excluding carboxylic acids is 1. The first-order chi connectivity index (χ1) is 7.65. The van der Waals surface area contributed by atoms with E-state index in [1.165, 1.54) is 6.20 Å². The van der Waals surface area contributed by atoms with Crippen LogP contribution in [0.2, 0.25) is 0 Å². The maximum atomic E-state index is 11.6. The highest BCUT2D eigenvalue weighted by Crippen LogP contribution is 1.96. The molecule has 0 radical (unpaired) electrons. The molecule has 6 nitrogen and oxygen atoms in total. The second-order valence-corrected chi connectivity index (χ2v) is 3.65. The number of imidazole rings is 1. The molecule has 0 bridgehead atoms. The molecule has 0 fully saturated rings. The summed E-state index contributed by atoms with van der Waals surface area (Å²) in [4.78, 5) is 15.5. The van der Waals surface area contributed by atoms with Gasteiger partial charge in [-0.25, -0.2) is 4.98 Å². The number of nitrogens with two attached hydrogens (primary N) is 1. The van der Waals surface area contributed by atoms with Crippen molar-refractivity contribution in [3.8, 4) is 0 Å². The maximum Gasteiger partial charge on any atom is 0.269 e. The number of nitrogens with zero attached hydrogens (tertiary/aromatic N) is 2. The Kier molecular flexibility index (Phi) is 4.94. The third kappa shape index (κ3) is 3.63. The molecular formula is C10H18N4O2. The monoisotopic (exact) mass is 226 g/mol. The van der Waals surface area contributed by atoms with Crippen LogP contribution in [0, 0.1) is 0 Å². The van der Waals surface area contributed by atoms with E-state index < -0.39 is 0 Å². The average molecular weight is 226 g/mol. The molecule has 0 aromatic carbocycles. The molecule has 1 aromatic rings. The van der Waals surface area contributed by atoms with Crippen molar-refractivity contribution in [1.82, 2.24) is 14.9 Å². The third-order valence-electron chi connectivity index (χ3n) is 2.23. The molecule has 1 amide bonds. The number of amides is 1. The van der Waals surface area contributed by atoms with E-state index in [0.29, 0.717) is 25.3 Å². The summed E-state index contributed by atoms with van der Waals surface area (Å²) < 4.78 is 6.57. The van der Waals surface area contributed by atoms with Gasteiger partial charge in [-0.05, 0) is 6.42 Å². The van der Waals surface area contributed by atoms with E-state index in [2.05, 4.69) is 10.3 Å². The molecule has 6 heteroatoms. The third-order valence-corrected chi connectivity index (χ3v) is 2.23. The van der Waals surface area contributed by atoms with E-state index in [0.717, 1.165) is 0 Å². The van der Waals surface area contributed by atoms with Gasteiger partial charge in [0.25, 0.3) is 5.91 Å². The fourth-order valence-electron chi connectivity index (χ4n) is 1.34. The minimum atomic E-state index is -0.135. The summed E-state index contributed by atoms with van der Waals surface area (Å²) in [5.41, 5.74) is 6.27. The van der Waals surface area contributed by atoms with Crippen molar-refractivity contribution in [3.05, 3.63) is 18.2 Å². The zero-order chi connectivity index (χ0) is 12.0. The molecule has 1 unspecified atom stereocenters. The van der Waals surface area contributed by atoms with Crippen molar-refractivity contribution in [3.63, 3.8) is 0 Å². The van der Waals surface area contributed by atoms with Gasteiger partial charge in [-0.1, -0.05) is 0 Å². The number of aryl methyl sites for hydroxylation is 1. The Morgan fingerprint density at radius 1 is 1.75 bits per heavy atom. The van der Waals surface area contributed by atoms with E-state index in [4.69, 9.17) is 10.5 Å². The largest absolute Gasteiger partial charge is 0.383 e. The molecule has 1 heterocycles. The minimum Gasteiger partial charge on any atom is -0.383 e. The highest BCUT2D eigenvalue weighted by Gasteiger charge is 2.09. The molecule has 1 aromatic heterocycles. The average Bonchev–Trinajstić information content (AvgIpc) is 2.64. The van der Waals surface area contributed by atoms with Crippen molar-refractivity contribution < 1.29 is 9.53 Å². The molecule has 90 valence electrons. The van der Waals surface area contributed by atoms with Gasteiger partial charge >= 0.3 is 0 Å². The van der Waals surface area contributed by atoms with Crippen LogP contribution in [0.4, 0.5) is 0 Å². The lowest BCUT2D eigenvalue weighted by atomic mass is 10.2. The fraction of sp³-hybridized carbons (Fsp3) is 0.600. The second kappa shape index (κ2) is 6.24. The molecule has 0 aliphatic heterocycles. The SMILES string of the molecule is COCC(N)CCNC(=O)c1cncn1C. The van der Waals surface area contributed by atoms with Crippen LogP contribution in [0.3, 0.4) is 0 Å². The lowest BCUT2D eigenvalue weighted by molar-refractivity contribution is 0.0942. The van der Waals surface area contributed by atoms with E-state index in [1.807, 2.05) is 0 Å². The van der Waals surface area contributed by atoms with Crippen molar-refractivity contribution >= 4 is 5.91 Å². The molecule has 0 spiro atoms. The first-order valence-corrected chi connectivity index (χ1v) is 5.14. The number of aromatic nitrogens is 2. The first-order valence-electron chi connectivity index (χ1n) is 5.14. The maximum absolute atomic E-state index is 11.6. The van der Waals surface area contributed by atoms with Gasteiger partial charge in [-0.2, -0.15) is 0 Å². The Morgan fingerprint density at radius 3 is 3.06 bits per heavy atom. The molecule has 0 saturated carbocycles. The number of methoxy groups -OCH3 is 1. The zero-order valence-electron chi connectivity index (χ0n) is 9.64. The van der Waals surface area contributed by atoms with Crippen LogP contribution in [0.1, 0.15) is 16.9 Å². The van der Waals surface area contributed by atoms with E-state index in [-0.39, 0.29) is 11.9 Å². The van der Waals surface area contributed by atoms with Gasteiger partial charge < -0.3 is 20.4 Å². The van der Waals surface area contributed by atoms with Crippen LogP contribution in [-0.4, -0.2) is 41.8 Å². The quantitative estimate of drug-likeness (QED) is 0.686. The van der Waals surface area contributed by atoms with Crippen molar-refractivity contribution in [2.75, 3.05) is 20.3 Å². The summed E-state index contributed by atoms with van der Waals surface area (Å²) in [6.45, 7) is 1.04. The van der Waals surface area contributed by atoms with Crippen molar-refractivity contribution in [2.45, 2.75) is 12.5 Å².